The Bertz CT molecular complexity index is 1010. The number of ether oxygens (including phenoxy) is 1. The summed E-state index contributed by atoms with van der Waals surface area (Å²) in [5, 5.41) is 7.24. The minimum atomic E-state index is -0.0156. The molecule has 0 spiro atoms. The maximum absolute atomic E-state index is 13.0. The van der Waals surface area contributed by atoms with Crippen LogP contribution in [0.4, 0.5) is 0 Å². The van der Waals surface area contributed by atoms with Gasteiger partial charge < -0.3 is 14.1 Å². The second kappa shape index (κ2) is 8.73. The summed E-state index contributed by atoms with van der Waals surface area (Å²) in [6.07, 6.45) is 5.20. The monoisotopic (exact) mass is 408 g/mol. The molecule has 7 heteroatoms. The van der Waals surface area contributed by atoms with Crippen molar-refractivity contribution in [1.82, 2.24) is 20.1 Å². The predicted octanol–water partition coefficient (Wildman–Crippen LogP) is 3.89. The third-order valence-electron chi connectivity index (χ3n) is 5.83. The van der Waals surface area contributed by atoms with Gasteiger partial charge in [-0.1, -0.05) is 19.1 Å². The molecule has 1 amide bonds. The number of hydrogen-bond donors (Lipinski definition) is 1. The topological polar surface area (TPSA) is 84.2 Å². The van der Waals surface area contributed by atoms with Gasteiger partial charge in [0.1, 0.15) is 11.5 Å². The summed E-state index contributed by atoms with van der Waals surface area (Å²) < 4.78 is 11.3. The number of carbonyl (C=O) groups is 1. The van der Waals surface area contributed by atoms with Crippen molar-refractivity contribution < 1.29 is 13.9 Å². The molecule has 0 radical (unpaired) electrons. The van der Waals surface area contributed by atoms with E-state index in [1.165, 1.54) is 0 Å². The van der Waals surface area contributed by atoms with E-state index in [-0.39, 0.29) is 11.8 Å². The minimum Gasteiger partial charge on any atom is -0.497 e. The van der Waals surface area contributed by atoms with E-state index >= 15 is 0 Å². The van der Waals surface area contributed by atoms with Crippen LogP contribution in [0.5, 0.6) is 5.75 Å². The molecule has 1 atom stereocenters. The van der Waals surface area contributed by atoms with E-state index in [2.05, 4.69) is 22.1 Å². The lowest BCUT2D eigenvalue weighted by Gasteiger charge is -2.31. The number of aromatic amines is 1. The van der Waals surface area contributed by atoms with Crippen LogP contribution in [-0.4, -0.2) is 46.2 Å². The normalized spacial score (nSPS) is 16.6. The molecule has 0 bridgehead atoms. The van der Waals surface area contributed by atoms with Gasteiger partial charge in [0.25, 0.3) is 5.91 Å². The maximum Gasteiger partial charge on any atom is 0.274 e. The van der Waals surface area contributed by atoms with Crippen molar-refractivity contribution in [2.24, 2.45) is 0 Å². The Labute approximate surface area is 176 Å². The average Bonchev–Trinajstić information content (AvgIpc) is 3.40. The van der Waals surface area contributed by atoms with Crippen LogP contribution in [0.1, 0.15) is 64.6 Å². The quantitative estimate of drug-likeness (QED) is 0.669. The summed E-state index contributed by atoms with van der Waals surface area (Å²) in [6, 6.07) is 7.94. The van der Waals surface area contributed by atoms with E-state index in [4.69, 9.17) is 9.15 Å². The predicted molar refractivity (Wildman–Crippen MR) is 113 cm³/mol. The van der Waals surface area contributed by atoms with Gasteiger partial charge in [-0.3, -0.25) is 9.89 Å². The molecule has 4 rings (SSSR count). The Kier molecular flexibility index (Phi) is 5.88. The van der Waals surface area contributed by atoms with E-state index in [1.807, 2.05) is 36.1 Å². The molecule has 7 nitrogen and oxygen atoms in total. The molecule has 1 unspecified atom stereocenters. The number of aromatic nitrogens is 3. The molecule has 1 aromatic carbocycles. The second-order valence-electron chi connectivity index (χ2n) is 7.81. The Morgan fingerprint density at radius 2 is 2.13 bits per heavy atom. The van der Waals surface area contributed by atoms with Gasteiger partial charge in [-0.25, -0.2) is 4.98 Å². The van der Waals surface area contributed by atoms with Gasteiger partial charge in [-0.2, -0.15) is 5.10 Å². The fourth-order valence-corrected chi connectivity index (χ4v) is 4.04. The highest BCUT2D eigenvalue weighted by Crippen LogP contribution is 2.28. The molecule has 3 heterocycles. The summed E-state index contributed by atoms with van der Waals surface area (Å²) in [6.45, 7) is 5.35. The van der Waals surface area contributed by atoms with Gasteiger partial charge in [0, 0.05) is 30.8 Å². The van der Waals surface area contributed by atoms with Gasteiger partial charge in [-0.15, -0.1) is 0 Å². The first-order chi connectivity index (χ1) is 14.6. The van der Waals surface area contributed by atoms with Crippen LogP contribution in [0.15, 0.2) is 34.9 Å². The molecule has 1 saturated heterocycles. The molecule has 3 aromatic rings. The number of methoxy groups -OCH3 is 1. The van der Waals surface area contributed by atoms with E-state index in [0.29, 0.717) is 24.6 Å². The van der Waals surface area contributed by atoms with Crippen LogP contribution in [0.2, 0.25) is 0 Å². The number of nitrogens with one attached hydrogen (secondary N) is 1. The number of oxazole rings is 1. The van der Waals surface area contributed by atoms with Gasteiger partial charge >= 0.3 is 0 Å². The average molecular weight is 409 g/mol. The first kappa shape index (κ1) is 20.2. The standard InChI is InChI=1S/C23H28N4O3/c1-4-20-15(2)21(26-25-20)23(28)27-11-5-6-17(14-27)22-24-13-19(30-22)12-16-7-9-18(29-3)10-8-16/h7-10,13,17H,4-6,11-12,14H2,1-3H3,(H,25,26). The summed E-state index contributed by atoms with van der Waals surface area (Å²) >= 11 is 0. The van der Waals surface area contributed by atoms with Gasteiger partial charge in [0.2, 0.25) is 0 Å². The van der Waals surface area contributed by atoms with Crippen LogP contribution in [0.25, 0.3) is 0 Å². The van der Waals surface area contributed by atoms with Crippen LogP contribution in [0.3, 0.4) is 0 Å². The molecule has 158 valence electrons. The molecule has 1 fully saturated rings. The number of likely N-dealkylation sites (tertiary alicyclic amines) is 1. The summed E-state index contributed by atoms with van der Waals surface area (Å²) in [5.74, 6) is 2.47. The third-order valence-corrected chi connectivity index (χ3v) is 5.83. The number of H-pyrrole nitrogens is 1. The van der Waals surface area contributed by atoms with Crippen molar-refractivity contribution in [3.8, 4) is 5.75 Å². The maximum atomic E-state index is 13.0. The number of piperidine rings is 1. The van der Waals surface area contributed by atoms with Crippen LogP contribution in [0, 0.1) is 6.92 Å². The Balaban J connectivity index is 1.43. The lowest BCUT2D eigenvalue weighted by atomic mass is 9.97. The molecule has 1 aliphatic heterocycles. The third kappa shape index (κ3) is 4.10. The van der Waals surface area contributed by atoms with Crippen molar-refractivity contribution in [1.29, 1.82) is 0 Å². The Morgan fingerprint density at radius 3 is 2.83 bits per heavy atom. The minimum absolute atomic E-state index is 0.0156. The number of benzene rings is 1. The lowest BCUT2D eigenvalue weighted by molar-refractivity contribution is 0.0691. The number of carbonyl (C=O) groups excluding carboxylic acids is 1. The summed E-state index contributed by atoms with van der Waals surface area (Å²) in [7, 11) is 1.66. The lowest BCUT2D eigenvalue weighted by Crippen LogP contribution is -2.39. The zero-order chi connectivity index (χ0) is 21.1. The largest absolute Gasteiger partial charge is 0.497 e. The fraction of sp³-hybridized carbons (Fsp3) is 0.435. The van der Waals surface area contributed by atoms with Gasteiger partial charge in [-0.05, 0) is 43.9 Å². The van der Waals surface area contributed by atoms with E-state index in [9.17, 15) is 4.79 Å². The van der Waals surface area contributed by atoms with Crippen LogP contribution >= 0.6 is 0 Å². The van der Waals surface area contributed by atoms with Crippen molar-refractivity contribution in [3.63, 3.8) is 0 Å². The SMILES string of the molecule is CCc1[nH]nc(C(=O)N2CCCC(c3ncc(Cc4ccc(OC)cc4)o3)C2)c1C. The van der Waals surface area contributed by atoms with Crippen molar-refractivity contribution in [2.45, 2.75) is 45.4 Å². The van der Waals surface area contributed by atoms with E-state index < -0.39 is 0 Å². The number of rotatable bonds is 6. The molecular formula is C23H28N4O3. The smallest absolute Gasteiger partial charge is 0.274 e. The van der Waals surface area contributed by atoms with E-state index in [1.54, 1.807) is 13.3 Å². The molecule has 30 heavy (non-hydrogen) atoms. The summed E-state index contributed by atoms with van der Waals surface area (Å²) in [4.78, 5) is 19.4. The van der Waals surface area contributed by atoms with Crippen LogP contribution in [-0.2, 0) is 12.8 Å². The second-order valence-corrected chi connectivity index (χ2v) is 7.81. The van der Waals surface area contributed by atoms with Crippen molar-refractivity contribution in [3.05, 3.63) is 64.6 Å². The fourth-order valence-electron chi connectivity index (χ4n) is 4.04. The number of hydrogen-bond acceptors (Lipinski definition) is 5. The Hall–Kier alpha value is -3.09. The molecule has 2 aromatic heterocycles. The number of amides is 1. The molecule has 1 N–H and O–H groups in total. The summed E-state index contributed by atoms with van der Waals surface area (Å²) in [5.41, 5.74) is 3.63. The van der Waals surface area contributed by atoms with E-state index in [0.717, 1.165) is 54.1 Å². The van der Waals surface area contributed by atoms with Gasteiger partial charge in [0.15, 0.2) is 11.6 Å². The number of aryl methyl sites for hydroxylation is 1. The van der Waals surface area contributed by atoms with Gasteiger partial charge in [0.05, 0.1) is 19.2 Å². The van der Waals surface area contributed by atoms with Crippen molar-refractivity contribution in [2.75, 3.05) is 20.2 Å². The van der Waals surface area contributed by atoms with Crippen molar-refractivity contribution >= 4 is 5.91 Å². The molecule has 0 saturated carbocycles. The molecule has 1 aliphatic rings. The highest BCUT2D eigenvalue weighted by atomic mass is 16.5. The zero-order valence-corrected chi connectivity index (χ0v) is 17.8. The molecule has 0 aliphatic carbocycles. The van der Waals surface area contributed by atoms with Crippen LogP contribution < -0.4 is 4.74 Å². The first-order valence-electron chi connectivity index (χ1n) is 10.5. The number of nitrogens with zero attached hydrogens (tertiary/aromatic N) is 3. The highest BCUT2D eigenvalue weighted by molar-refractivity contribution is 5.94. The highest BCUT2D eigenvalue weighted by Gasteiger charge is 2.30. The molecular weight excluding hydrogens is 380 g/mol. The first-order valence-corrected chi connectivity index (χ1v) is 10.5. The Morgan fingerprint density at radius 1 is 1.33 bits per heavy atom. The zero-order valence-electron chi connectivity index (χ0n) is 17.8.